The molecule has 5 heteroatoms. The Hall–Kier alpha value is -2.33. The molecule has 1 amide bonds. The Morgan fingerprint density at radius 2 is 1.48 bits per heavy atom. The Morgan fingerprint density at radius 3 is 1.93 bits per heavy atom. The van der Waals surface area contributed by atoms with Gasteiger partial charge in [0.1, 0.15) is 0 Å². The summed E-state index contributed by atoms with van der Waals surface area (Å²) < 4.78 is 0. The normalized spacial score (nSPS) is 18.4. The van der Waals surface area contributed by atoms with Crippen molar-refractivity contribution in [2.24, 2.45) is 4.99 Å². The van der Waals surface area contributed by atoms with E-state index in [1.165, 1.54) is 6.92 Å². The van der Waals surface area contributed by atoms with Gasteiger partial charge in [0.25, 0.3) is 0 Å². The van der Waals surface area contributed by atoms with E-state index in [-0.39, 0.29) is 11.9 Å². The molecule has 0 N–H and O–H groups in total. The van der Waals surface area contributed by atoms with Crippen molar-refractivity contribution in [3.63, 3.8) is 0 Å². The molecule has 4 nitrogen and oxygen atoms in total. The summed E-state index contributed by atoms with van der Waals surface area (Å²) in [5, 5.41) is 0. The van der Waals surface area contributed by atoms with Crippen LogP contribution in [-0.4, -0.2) is 30.3 Å². The fourth-order valence-corrected chi connectivity index (χ4v) is 4.17. The van der Waals surface area contributed by atoms with E-state index in [0.717, 1.165) is 33.6 Å². The second kappa shape index (κ2) is 7.73. The summed E-state index contributed by atoms with van der Waals surface area (Å²) in [6.45, 7) is 10.5. The van der Waals surface area contributed by atoms with Gasteiger partial charge >= 0.3 is 0 Å². The first-order valence-corrected chi connectivity index (χ1v) is 9.73. The lowest BCUT2D eigenvalue weighted by atomic mass is 10.1. The highest BCUT2D eigenvalue weighted by Crippen LogP contribution is 2.36. The summed E-state index contributed by atoms with van der Waals surface area (Å²) in [5.74, 6) is 0.891. The third-order valence-corrected chi connectivity index (χ3v) is 5.40. The van der Waals surface area contributed by atoms with Crippen LogP contribution < -0.4 is 9.80 Å². The molecule has 2 aromatic carbocycles. The van der Waals surface area contributed by atoms with Crippen LogP contribution in [0.15, 0.2) is 41.4 Å². The first-order valence-electron chi connectivity index (χ1n) is 9.19. The quantitative estimate of drug-likeness (QED) is 0.717. The van der Waals surface area contributed by atoms with E-state index in [2.05, 4.69) is 66.8 Å². The number of hydrogen-bond donors (Lipinski definition) is 0. The lowest BCUT2D eigenvalue weighted by Crippen LogP contribution is -2.39. The molecule has 1 aliphatic heterocycles. The number of alkyl halides is 1. The predicted octanol–water partition coefficient (Wildman–Crippen LogP) is 4.76. The second-order valence-corrected chi connectivity index (χ2v) is 7.51. The van der Waals surface area contributed by atoms with Crippen molar-refractivity contribution in [3.05, 3.63) is 58.7 Å². The van der Waals surface area contributed by atoms with Crippen LogP contribution >= 0.6 is 11.6 Å². The zero-order valence-corrected chi connectivity index (χ0v) is 17.3. The van der Waals surface area contributed by atoms with Crippen molar-refractivity contribution in [2.75, 3.05) is 22.2 Å². The van der Waals surface area contributed by atoms with Gasteiger partial charge in [-0.3, -0.25) is 4.79 Å². The minimum absolute atomic E-state index is 0.0311. The molecule has 1 unspecified atom stereocenters. The van der Waals surface area contributed by atoms with Crippen molar-refractivity contribution < 1.29 is 4.79 Å². The smallest absolute Gasteiger partial charge is 0.245 e. The Kier molecular flexibility index (Phi) is 5.56. The number of para-hydroxylation sites is 2. The number of halogens is 1. The summed E-state index contributed by atoms with van der Waals surface area (Å²) in [7, 11) is 0. The summed E-state index contributed by atoms with van der Waals surface area (Å²) in [4.78, 5) is 20.7. The predicted molar refractivity (Wildman–Crippen MR) is 114 cm³/mol. The number of aryl methyl sites for hydroxylation is 4. The minimum atomic E-state index is -0.215. The van der Waals surface area contributed by atoms with Crippen LogP contribution in [0.2, 0.25) is 0 Å². The van der Waals surface area contributed by atoms with Crippen LogP contribution in [0.3, 0.4) is 0 Å². The number of nitrogens with zero attached hydrogens (tertiary/aromatic N) is 3. The molecule has 0 saturated carbocycles. The average Bonchev–Trinajstić information content (AvgIpc) is 2.92. The number of aliphatic imine (C=N–C) groups is 1. The van der Waals surface area contributed by atoms with Crippen LogP contribution in [0.5, 0.6) is 0 Å². The molecule has 27 heavy (non-hydrogen) atoms. The molecular formula is C22H26ClN3O. The third-order valence-electron chi connectivity index (χ3n) is 5.04. The van der Waals surface area contributed by atoms with Crippen LogP contribution in [0.25, 0.3) is 0 Å². The lowest BCUT2D eigenvalue weighted by Gasteiger charge is -2.29. The summed E-state index contributed by atoms with van der Waals surface area (Å²) in [6.07, 6.45) is 0. The zero-order valence-electron chi connectivity index (χ0n) is 16.6. The van der Waals surface area contributed by atoms with Crippen LogP contribution in [0, 0.1) is 27.7 Å². The molecule has 142 valence electrons. The molecule has 1 saturated heterocycles. The second-order valence-electron chi connectivity index (χ2n) is 7.20. The highest BCUT2D eigenvalue weighted by Gasteiger charge is 2.39. The molecule has 0 aromatic heterocycles. The Balaban J connectivity index is 2.23. The molecule has 1 aliphatic rings. The van der Waals surface area contributed by atoms with E-state index in [1.54, 1.807) is 0 Å². The first-order chi connectivity index (χ1) is 12.8. The van der Waals surface area contributed by atoms with Gasteiger partial charge in [0, 0.05) is 25.0 Å². The lowest BCUT2D eigenvalue weighted by molar-refractivity contribution is -0.115. The van der Waals surface area contributed by atoms with Crippen LogP contribution in [-0.2, 0) is 4.79 Å². The van der Waals surface area contributed by atoms with Gasteiger partial charge in [-0.05, 0) is 49.9 Å². The monoisotopic (exact) mass is 383 g/mol. The molecule has 0 spiro atoms. The van der Waals surface area contributed by atoms with E-state index >= 15 is 0 Å². The van der Waals surface area contributed by atoms with E-state index in [1.807, 2.05) is 12.1 Å². The van der Waals surface area contributed by atoms with Crippen LogP contribution in [0.1, 0.15) is 29.2 Å². The van der Waals surface area contributed by atoms with Crippen LogP contribution in [0.4, 0.5) is 11.4 Å². The topological polar surface area (TPSA) is 35.9 Å². The maximum atomic E-state index is 12.0. The number of carbonyl (C=O) groups is 1. The molecule has 2 aromatic rings. The molecule has 1 fully saturated rings. The highest BCUT2D eigenvalue weighted by molar-refractivity contribution is 6.21. The largest absolute Gasteiger partial charge is 0.309 e. The van der Waals surface area contributed by atoms with Gasteiger partial charge in [-0.2, -0.15) is 4.99 Å². The number of carbonyl (C=O) groups excluding carboxylic acids is 1. The van der Waals surface area contributed by atoms with Crippen molar-refractivity contribution in [1.29, 1.82) is 0 Å². The van der Waals surface area contributed by atoms with E-state index < -0.39 is 0 Å². The van der Waals surface area contributed by atoms with E-state index in [4.69, 9.17) is 11.6 Å². The number of rotatable bonds is 3. The number of benzene rings is 2. The standard InChI is InChI=1S/C22H26ClN3O/c1-14-8-6-9-15(2)20(14)25-13-19(12-23)26(22(25)24-18(5)27)21-16(3)10-7-11-17(21)4/h6-11,19H,12-13H2,1-5H3. The first kappa shape index (κ1) is 19.4. The summed E-state index contributed by atoms with van der Waals surface area (Å²) in [6, 6.07) is 12.5. The number of anilines is 2. The molecular weight excluding hydrogens is 358 g/mol. The molecule has 1 atom stereocenters. The van der Waals surface area contributed by atoms with Crippen molar-refractivity contribution >= 4 is 34.8 Å². The Morgan fingerprint density at radius 1 is 1.00 bits per heavy atom. The molecule has 0 bridgehead atoms. The van der Waals surface area contributed by atoms with Crippen molar-refractivity contribution in [1.82, 2.24) is 0 Å². The van der Waals surface area contributed by atoms with Crippen molar-refractivity contribution in [3.8, 4) is 0 Å². The number of hydrogen-bond acceptors (Lipinski definition) is 1. The van der Waals surface area contributed by atoms with E-state index in [0.29, 0.717) is 18.4 Å². The van der Waals surface area contributed by atoms with E-state index in [9.17, 15) is 4.79 Å². The molecule has 0 aliphatic carbocycles. The maximum Gasteiger partial charge on any atom is 0.245 e. The number of amides is 1. The highest BCUT2D eigenvalue weighted by atomic mass is 35.5. The van der Waals surface area contributed by atoms with Gasteiger partial charge in [-0.1, -0.05) is 36.4 Å². The van der Waals surface area contributed by atoms with Crippen molar-refractivity contribution in [2.45, 2.75) is 40.7 Å². The maximum absolute atomic E-state index is 12.0. The van der Waals surface area contributed by atoms with Gasteiger partial charge in [-0.25, -0.2) is 0 Å². The fraction of sp³-hybridized carbons (Fsp3) is 0.364. The molecule has 1 heterocycles. The van der Waals surface area contributed by atoms with Gasteiger partial charge < -0.3 is 9.80 Å². The molecule has 0 radical (unpaired) electrons. The third kappa shape index (κ3) is 3.59. The zero-order chi connectivity index (χ0) is 19.7. The SMILES string of the molecule is CC(=O)N=C1N(c2c(C)cccc2C)CC(CCl)N1c1c(C)cccc1C. The summed E-state index contributed by atoms with van der Waals surface area (Å²) >= 11 is 6.38. The van der Waals surface area contributed by atoms with Gasteiger partial charge in [0.2, 0.25) is 11.9 Å². The fourth-order valence-electron chi connectivity index (χ4n) is 3.93. The average molecular weight is 384 g/mol. The summed E-state index contributed by atoms with van der Waals surface area (Å²) in [5.41, 5.74) is 6.78. The van der Waals surface area contributed by atoms with Gasteiger partial charge in [-0.15, -0.1) is 11.6 Å². The van der Waals surface area contributed by atoms with Gasteiger partial charge in [0.15, 0.2) is 0 Å². The minimum Gasteiger partial charge on any atom is -0.309 e. The van der Waals surface area contributed by atoms with Gasteiger partial charge in [0.05, 0.1) is 11.7 Å². The Bertz CT molecular complexity index is 866. The molecule has 3 rings (SSSR count). The number of guanidine groups is 1. The Labute approximate surface area is 166 Å².